The van der Waals surface area contributed by atoms with Gasteiger partial charge in [-0.1, -0.05) is 26.0 Å². The molecule has 0 spiro atoms. The van der Waals surface area contributed by atoms with E-state index in [1.165, 1.54) is 12.3 Å². The van der Waals surface area contributed by atoms with Gasteiger partial charge in [-0.2, -0.15) is 0 Å². The number of ether oxygens (including phenoxy) is 1. The van der Waals surface area contributed by atoms with E-state index in [-0.39, 0.29) is 24.1 Å². The molecule has 1 amide bonds. The van der Waals surface area contributed by atoms with Crippen molar-refractivity contribution in [3.8, 4) is 11.3 Å². The molecule has 1 fully saturated rings. The van der Waals surface area contributed by atoms with Crippen LogP contribution in [0.25, 0.3) is 11.3 Å². The van der Waals surface area contributed by atoms with E-state index >= 15 is 0 Å². The summed E-state index contributed by atoms with van der Waals surface area (Å²) in [7, 11) is 0. The lowest BCUT2D eigenvalue weighted by molar-refractivity contribution is -0.139. The van der Waals surface area contributed by atoms with Crippen LogP contribution in [0, 0.1) is 5.82 Å². The summed E-state index contributed by atoms with van der Waals surface area (Å²) in [6, 6.07) is 6.41. The average Bonchev–Trinajstić information content (AvgIpc) is 3.27. The highest BCUT2D eigenvalue weighted by molar-refractivity contribution is 5.76. The van der Waals surface area contributed by atoms with Gasteiger partial charge in [0.1, 0.15) is 11.9 Å². The number of benzene rings is 1. The van der Waals surface area contributed by atoms with E-state index in [2.05, 4.69) is 20.2 Å². The summed E-state index contributed by atoms with van der Waals surface area (Å²) in [5.41, 5.74) is 1.37. The number of nitrogens with zero attached hydrogens (tertiary/aromatic N) is 5. The van der Waals surface area contributed by atoms with Crippen LogP contribution in [0.1, 0.15) is 49.8 Å². The van der Waals surface area contributed by atoms with Crippen molar-refractivity contribution in [3.63, 3.8) is 0 Å². The normalized spacial score (nSPS) is 16.6. The average molecular weight is 425 g/mol. The minimum Gasteiger partial charge on any atom is -0.425 e. The molecule has 0 aliphatic carbocycles. The molecule has 1 saturated heterocycles. The van der Waals surface area contributed by atoms with Gasteiger partial charge in [-0.05, 0) is 12.1 Å². The molecule has 4 rings (SSSR count). The Morgan fingerprint density at radius 3 is 2.87 bits per heavy atom. The first-order valence-electron chi connectivity index (χ1n) is 10.3. The van der Waals surface area contributed by atoms with E-state index in [0.29, 0.717) is 54.8 Å². The monoisotopic (exact) mass is 425 g/mol. The molecule has 8 nitrogen and oxygen atoms in total. The minimum absolute atomic E-state index is 0.0178. The Balaban J connectivity index is 1.40. The number of hydrogen-bond acceptors (Lipinski definition) is 7. The highest BCUT2D eigenvalue weighted by Crippen LogP contribution is 2.25. The number of halogens is 1. The Morgan fingerprint density at radius 1 is 1.26 bits per heavy atom. The molecule has 162 valence electrons. The SMILES string of the molecule is CC(C)c1nnc(CCC(=O)N2CCO[C@@H](c3cncc(-c4ccccc4F)n3)C2)o1. The standard InChI is InChI=1S/C22H24FN5O3/c1-14(2)22-27-26-20(31-22)7-8-21(29)28-9-10-30-19(13-28)18-12-24-11-17(25-18)15-5-3-4-6-16(15)23/h3-6,11-12,14,19H,7-10,13H2,1-2H3/t19-/m1/s1. The quantitative estimate of drug-likeness (QED) is 0.598. The third kappa shape index (κ3) is 4.93. The molecular weight excluding hydrogens is 401 g/mol. The van der Waals surface area contributed by atoms with E-state index in [4.69, 9.17) is 9.15 Å². The van der Waals surface area contributed by atoms with Crippen molar-refractivity contribution in [3.05, 3.63) is 60.0 Å². The maximum Gasteiger partial charge on any atom is 0.223 e. The van der Waals surface area contributed by atoms with Crippen LogP contribution >= 0.6 is 0 Å². The van der Waals surface area contributed by atoms with Gasteiger partial charge < -0.3 is 14.1 Å². The Labute approximate surface area is 179 Å². The summed E-state index contributed by atoms with van der Waals surface area (Å²) >= 11 is 0. The fraction of sp³-hybridized carbons (Fsp3) is 0.409. The molecule has 3 heterocycles. The lowest BCUT2D eigenvalue weighted by Crippen LogP contribution is -2.42. The van der Waals surface area contributed by atoms with Crippen LogP contribution in [-0.2, 0) is 16.0 Å². The summed E-state index contributed by atoms with van der Waals surface area (Å²) < 4.78 is 25.5. The van der Waals surface area contributed by atoms with Crippen molar-refractivity contribution >= 4 is 5.91 Å². The van der Waals surface area contributed by atoms with Gasteiger partial charge in [0.25, 0.3) is 0 Å². The molecule has 1 aliphatic heterocycles. The van der Waals surface area contributed by atoms with E-state index in [1.807, 2.05) is 13.8 Å². The number of hydrogen-bond donors (Lipinski definition) is 0. The maximum absolute atomic E-state index is 14.1. The summed E-state index contributed by atoms with van der Waals surface area (Å²) in [5, 5.41) is 8.00. The summed E-state index contributed by atoms with van der Waals surface area (Å²) in [6.45, 7) is 5.19. The van der Waals surface area contributed by atoms with Crippen molar-refractivity contribution in [2.75, 3.05) is 19.7 Å². The predicted molar refractivity (Wildman–Crippen MR) is 109 cm³/mol. The van der Waals surface area contributed by atoms with Gasteiger partial charge in [-0.25, -0.2) is 9.37 Å². The van der Waals surface area contributed by atoms with Crippen LogP contribution in [0.2, 0.25) is 0 Å². The first kappa shape index (κ1) is 21.0. The molecule has 31 heavy (non-hydrogen) atoms. The molecule has 0 radical (unpaired) electrons. The number of aromatic nitrogens is 4. The molecule has 9 heteroatoms. The van der Waals surface area contributed by atoms with Crippen LogP contribution in [-0.4, -0.2) is 50.7 Å². The molecule has 0 saturated carbocycles. The fourth-order valence-electron chi connectivity index (χ4n) is 3.36. The van der Waals surface area contributed by atoms with E-state index in [0.717, 1.165) is 0 Å². The van der Waals surface area contributed by atoms with Crippen molar-refractivity contribution < 1.29 is 18.3 Å². The van der Waals surface area contributed by atoms with Gasteiger partial charge in [0.05, 0.1) is 36.9 Å². The van der Waals surface area contributed by atoms with Gasteiger partial charge >= 0.3 is 0 Å². The molecule has 2 aromatic heterocycles. The molecule has 0 unspecified atom stereocenters. The van der Waals surface area contributed by atoms with Crippen LogP contribution in [0.3, 0.4) is 0 Å². The zero-order valence-corrected chi connectivity index (χ0v) is 17.5. The molecular formula is C22H24FN5O3. The van der Waals surface area contributed by atoms with Crippen LogP contribution in [0.15, 0.2) is 41.1 Å². The van der Waals surface area contributed by atoms with Crippen LogP contribution in [0.5, 0.6) is 0 Å². The second kappa shape index (κ2) is 9.30. The zero-order valence-electron chi connectivity index (χ0n) is 17.5. The topological polar surface area (TPSA) is 94.2 Å². The molecule has 0 N–H and O–H groups in total. The summed E-state index contributed by atoms with van der Waals surface area (Å²) in [5.74, 6) is 0.804. The van der Waals surface area contributed by atoms with E-state index in [1.54, 1.807) is 29.3 Å². The number of carbonyl (C=O) groups excluding carboxylic acids is 1. The largest absolute Gasteiger partial charge is 0.425 e. The fourth-order valence-corrected chi connectivity index (χ4v) is 3.36. The molecule has 1 aliphatic rings. The highest BCUT2D eigenvalue weighted by atomic mass is 19.1. The third-order valence-corrected chi connectivity index (χ3v) is 5.08. The van der Waals surface area contributed by atoms with Crippen LogP contribution < -0.4 is 0 Å². The van der Waals surface area contributed by atoms with Crippen LogP contribution in [0.4, 0.5) is 4.39 Å². The van der Waals surface area contributed by atoms with Gasteiger partial charge in [-0.15, -0.1) is 10.2 Å². The van der Waals surface area contributed by atoms with Crippen molar-refractivity contribution in [2.24, 2.45) is 0 Å². The molecule has 3 aromatic rings. The summed E-state index contributed by atoms with van der Waals surface area (Å²) in [6.07, 6.45) is 3.35. The third-order valence-electron chi connectivity index (χ3n) is 5.08. The number of morpholine rings is 1. The molecule has 1 atom stereocenters. The van der Waals surface area contributed by atoms with Gasteiger partial charge in [-0.3, -0.25) is 9.78 Å². The predicted octanol–water partition coefficient (Wildman–Crippen LogP) is 3.32. The van der Waals surface area contributed by atoms with Crippen molar-refractivity contribution in [1.29, 1.82) is 0 Å². The van der Waals surface area contributed by atoms with Crippen molar-refractivity contribution in [2.45, 2.75) is 38.7 Å². The van der Waals surface area contributed by atoms with Crippen molar-refractivity contribution in [1.82, 2.24) is 25.1 Å². The zero-order chi connectivity index (χ0) is 21.8. The second-order valence-electron chi connectivity index (χ2n) is 7.70. The number of amides is 1. The molecule has 1 aromatic carbocycles. The first-order valence-corrected chi connectivity index (χ1v) is 10.3. The second-order valence-corrected chi connectivity index (χ2v) is 7.70. The lowest BCUT2D eigenvalue weighted by Gasteiger charge is -2.32. The van der Waals surface area contributed by atoms with Gasteiger partial charge in [0, 0.05) is 30.9 Å². The Kier molecular flexibility index (Phi) is 6.31. The molecule has 0 bridgehead atoms. The number of aryl methyl sites for hydroxylation is 1. The summed E-state index contributed by atoms with van der Waals surface area (Å²) in [4.78, 5) is 23.2. The van der Waals surface area contributed by atoms with Gasteiger partial charge in [0.15, 0.2) is 0 Å². The lowest BCUT2D eigenvalue weighted by atomic mass is 10.1. The Hall–Kier alpha value is -3.20. The van der Waals surface area contributed by atoms with Gasteiger partial charge in [0.2, 0.25) is 17.7 Å². The smallest absolute Gasteiger partial charge is 0.223 e. The van der Waals surface area contributed by atoms with E-state index < -0.39 is 6.10 Å². The highest BCUT2D eigenvalue weighted by Gasteiger charge is 2.27. The Bertz CT molecular complexity index is 1050. The maximum atomic E-state index is 14.1. The van der Waals surface area contributed by atoms with E-state index in [9.17, 15) is 9.18 Å². The first-order chi connectivity index (χ1) is 15.0. The Morgan fingerprint density at radius 2 is 2.10 bits per heavy atom. The number of rotatable bonds is 6. The number of carbonyl (C=O) groups is 1. The minimum atomic E-state index is -0.423.